The SMILES string of the molecule is Cc1ccccc1[C@H]1CCN(CCNC(=O)Nc2ccc3c(c2)C(=O)OC3)C1. The van der Waals surface area contributed by atoms with Gasteiger partial charge in [0.1, 0.15) is 6.61 Å². The van der Waals surface area contributed by atoms with Crippen molar-refractivity contribution >= 4 is 17.7 Å². The number of likely N-dealkylation sites (tertiary alicyclic amines) is 1. The molecule has 0 unspecified atom stereocenters. The number of cyclic esters (lactones) is 1. The van der Waals surface area contributed by atoms with Crippen LogP contribution in [0.4, 0.5) is 10.5 Å². The van der Waals surface area contributed by atoms with Crippen LogP contribution in [0.3, 0.4) is 0 Å². The van der Waals surface area contributed by atoms with Gasteiger partial charge in [-0.2, -0.15) is 0 Å². The van der Waals surface area contributed by atoms with E-state index in [-0.39, 0.29) is 12.0 Å². The third-order valence-electron chi connectivity index (χ3n) is 5.56. The highest BCUT2D eigenvalue weighted by Gasteiger charge is 2.24. The average molecular weight is 379 g/mol. The molecule has 0 aromatic heterocycles. The number of rotatable bonds is 5. The van der Waals surface area contributed by atoms with Crippen LogP contribution in [0.15, 0.2) is 42.5 Å². The lowest BCUT2D eigenvalue weighted by molar-refractivity contribution is 0.0535. The van der Waals surface area contributed by atoms with E-state index in [9.17, 15) is 9.59 Å². The topological polar surface area (TPSA) is 70.7 Å². The van der Waals surface area contributed by atoms with E-state index in [4.69, 9.17) is 4.74 Å². The Morgan fingerprint density at radius 3 is 2.96 bits per heavy atom. The molecule has 1 saturated heterocycles. The van der Waals surface area contributed by atoms with Gasteiger partial charge in [0.2, 0.25) is 0 Å². The van der Waals surface area contributed by atoms with Gasteiger partial charge in [-0.1, -0.05) is 30.3 Å². The largest absolute Gasteiger partial charge is 0.457 e. The van der Waals surface area contributed by atoms with Crippen molar-refractivity contribution in [1.29, 1.82) is 0 Å². The van der Waals surface area contributed by atoms with Crippen molar-refractivity contribution in [2.24, 2.45) is 0 Å². The highest BCUT2D eigenvalue weighted by molar-refractivity contribution is 5.96. The molecule has 2 amide bonds. The molecule has 2 aromatic rings. The Morgan fingerprint density at radius 2 is 2.11 bits per heavy atom. The second-order valence-electron chi connectivity index (χ2n) is 7.47. The standard InChI is InChI=1S/C22H25N3O3/c1-15-4-2-3-5-19(15)16-8-10-25(13-16)11-9-23-22(27)24-18-7-6-17-14-28-21(26)20(17)12-18/h2-7,12,16H,8-11,13-14H2,1H3,(H2,23,24,27)/t16-/m0/s1. The Kier molecular flexibility index (Phi) is 5.30. The summed E-state index contributed by atoms with van der Waals surface area (Å²) in [7, 11) is 0. The van der Waals surface area contributed by atoms with Gasteiger partial charge in [-0.15, -0.1) is 0 Å². The molecule has 1 atom stereocenters. The molecule has 4 rings (SSSR count). The first-order chi connectivity index (χ1) is 13.6. The Morgan fingerprint density at radius 1 is 1.25 bits per heavy atom. The zero-order valence-corrected chi connectivity index (χ0v) is 16.0. The van der Waals surface area contributed by atoms with Crippen molar-refractivity contribution in [2.75, 3.05) is 31.5 Å². The van der Waals surface area contributed by atoms with E-state index in [1.54, 1.807) is 12.1 Å². The Balaban J connectivity index is 1.23. The van der Waals surface area contributed by atoms with Gasteiger partial charge in [0.05, 0.1) is 5.56 Å². The average Bonchev–Trinajstić information content (AvgIpc) is 3.29. The molecule has 2 aromatic carbocycles. The summed E-state index contributed by atoms with van der Waals surface area (Å²) in [5.74, 6) is 0.234. The summed E-state index contributed by atoms with van der Waals surface area (Å²) < 4.78 is 4.98. The number of benzene rings is 2. The third kappa shape index (κ3) is 4.02. The van der Waals surface area contributed by atoms with Crippen LogP contribution in [-0.2, 0) is 11.3 Å². The number of carbonyl (C=O) groups excluding carboxylic acids is 2. The van der Waals surface area contributed by atoms with E-state index in [0.29, 0.717) is 30.3 Å². The molecule has 2 heterocycles. The fourth-order valence-corrected chi connectivity index (χ4v) is 4.03. The van der Waals surface area contributed by atoms with Gasteiger partial charge in [-0.3, -0.25) is 0 Å². The quantitative estimate of drug-likeness (QED) is 0.782. The zero-order valence-electron chi connectivity index (χ0n) is 16.0. The number of nitrogens with zero attached hydrogens (tertiary/aromatic N) is 1. The molecule has 0 spiro atoms. The van der Waals surface area contributed by atoms with Crippen LogP contribution in [0.25, 0.3) is 0 Å². The van der Waals surface area contributed by atoms with Gasteiger partial charge in [0.15, 0.2) is 0 Å². The maximum Gasteiger partial charge on any atom is 0.338 e. The van der Waals surface area contributed by atoms with E-state index in [0.717, 1.165) is 31.6 Å². The van der Waals surface area contributed by atoms with Crippen LogP contribution >= 0.6 is 0 Å². The van der Waals surface area contributed by atoms with E-state index < -0.39 is 0 Å². The predicted molar refractivity (Wildman–Crippen MR) is 108 cm³/mol. The fraction of sp³-hybridized carbons (Fsp3) is 0.364. The molecule has 2 aliphatic rings. The molecule has 1 fully saturated rings. The minimum absolute atomic E-state index is 0.263. The first-order valence-corrected chi connectivity index (χ1v) is 9.73. The lowest BCUT2D eigenvalue weighted by Crippen LogP contribution is -2.36. The molecule has 6 heteroatoms. The molecule has 2 aliphatic heterocycles. The highest BCUT2D eigenvalue weighted by Crippen LogP contribution is 2.29. The van der Waals surface area contributed by atoms with Crippen molar-refractivity contribution in [3.05, 3.63) is 64.7 Å². The summed E-state index contributed by atoms with van der Waals surface area (Å²) >= 11 is 0. The number of aryl methyl sites for hydroxylation is 1. The number of hydrogen-bond acceptors (Lipinski definition) is 4. The lowest BCUT2D eigenvalue weighted by atomic mass is 9.94. The summed E-state index contributed by atoms with van der Waals surface area (Å²) in [6, 6.07) is 13.6. The third-order valence-corrected chi connectivity index (χ3v) is 5.56. The van der Waals surface area contributed by atoms with E-state index in [1.165, 1.54) is 11.1 Å². The van der Waals surface area contributed by atoms with Gasteiger partial charge >= 0.3 is 12.0 Å². The summed E-state index contributed by atoms with van der Waals surface area (Å²) in [4.78, 5) is 26.1. The van der Waals surface area contributed by atoms with Crippen LogP contribution < -0.4 is 10.6 Å². The molecule has 0 aliphatic carbocycles. The molecule has 2 N–H and O–H groups in total. The maximum absolute atomic E-state index is 12.1. The van der Waals surface area contributed by atoms with E-state index in [1.807, 2.05) is 6.07 Å². The molecule has 0 saturated carbocycles. The Hall–Kier alpha value is -2.86. The summed E-state index contributed by atoms with van der Waals surface area (Å²) in [5, 5.41) is 5.68. The molecule has 0 radical (unpaired) electrons. The van der Waals surface area contributed by atoms with Gasteiger partial charge in [-0.05, 0) is 49.1 Å². The lowest BCUT2D eigenvalue weighted by Gasteiger charge is -2.17. The predicted octanol–water partition coefficient (Wildman–Crippen LogP) is 3.28. The van der Waals surface area contributed by atoms with Gasteiger partial charge < -0.3 is 20.3 Å². The van der Waals surface area contributed by atoms with Crippen molar-refractivity contribution in [3.8, 4) is 0 Å². The zero-order chi connectivity index (χ0) is 19.5. The molecule has 146 valence electrons. The second-order valence-corrected chi connectivity index (χ2v) is 7.47. The molecule has 28 heavy (non-hydrogen) atoms. The van der Waals surface area contributed by atoms with Crippen molar-refractivity contribution in [2.45, 2.75) is 25.9 Å². The van der Waals surface area contributed by atoms with E-state index >= 15 is 0 Å². The van der Waals surface area contributed by atoms with Crippen LogP contribution in [0.5, 0.6) is 0 Å². The summed E-state index contributed by atoms with van der Waals surface area (Å²) in [6.45, 7) is 5.96. The number of amides is 2. The Labute approximate surface area is 164 Å². The smallest absolute Gasteiger partial charge is 0.338 e. The van der Waals surface area contributed by atoms with Crippen LogP contribution in [0.2, 0.25) is 0 Å². The van der Waals surface area contributed by atoms with Crippen molar-refractivity contribution in [3.63, 3.8) is 0 Å². The number of esters is 1. The minimum atomic E-state index is -0.337. The number of urea groups is 1. The Bertz CT molecular complexity index is 896. The first-order valence-electron chi connectivity index (χ1n) is 9.73. The minimum Gasteiger partial charge on any atom is -0.457 e. The number of anilines is 1. The molecular weight excluding hydrogens is 354 g/mol. The number of hydrogen-bond donors (Lipinski definition) is 2. The highest BCUT2D eigenvalue weighted by atomic mass is 16.5. The van der Waals surface area contributed by atoms with Crippen molar-refractivity contribution in [1.82, 2.24) is 10.2 Å². The van der Waals surface area contributed by atoms with Crippen LogP contribution in [0, 0.1) is 6.92 Å². The monoisotopic (exact) mass is 379 g/mol. The van der Waals surface area contributed by atoms with Gasteiger partial charge in [0.25, 0.3) is 0 Å². The number of carbonyl (C=O) groups is 2. The van der Waals surface area contributed by atoms with Crippen molar-refractivity contribution < 1.29 is 14.3 Å². The number of fused-ring (bicyclic) bond motifs is 1. The second kappa shape index (κ2) is 8.02. The van der Waals surface area contributed by atoms with Crippen LogP contribution in [0.1, 0.15) is 39.4 Å². The normalized spacial score (nSPS) is 18.6. The van der Waals surface area contributed by atoms with Gasteiger partial charge in [0, 0.05) is 30.9 Å². The summed E-state index contributed by atoms with van der Waals surface area (Å²) in [6.07, 6.45) is 1.16. The number of nitrogens with one attached hydrogen (secondary N) is 2. The molecule has 0 bridgehead atoms. The van der Waals surface area contributed by atoms with E-state index in [2.05, 4.69) is 46.7 Å². The summed E-state index contributed by atoms with van der Waals surface area (Å²) in [5.41, 5.74) is 4.76. The van der Waals surface area contributed by atoms with Gasteiger partial charge in [-0.25, -0.2) is 9.59 Å². The maximum atomic E-state index is 12.1. The molecule has 6 nitrogen and oxygen atoms in total. The molecular formula is C22H25N3O3. The number of ether oxygens (including phenoxy) is 1. The fourth-order valence-electron chi connectivity index (χ4n) is 4.03. The van der Waals surface area contributed by atoms with Crippen LogP contribution in [-0.4, -0.2) is 43.1 Å². The first kappa shape index (κ1) is 18.5.